The molecule has 1 aromatic heterocycles. The van der Waals surface area contributed by atoms with Crippen LogP contribution in [0.15, 0.2) is 48.4 Å². The number of carbonyl (C=O) groups excluding carboxylic acids is 1. The first-order chi connectivity index (χ1) is 12.7. The van der Waals surface area contributed by atoms with Gasteiger partial charge in [-0.3, -0.25) is 4.31 Å². The molecule has 0 N–H and O–H groups in total. The van der Waals surface area contributed by atoms with Crippen LogP contribution >= 0.6 is 0 Å². The summed E-state index contributed by atoms with van der Waals surface area (Å²) in [7, 11) is -2.80. The minimum atomic E-state index is -4.10. The summed E-state index contributed by atoms with van der Waals surface area (Å²) in [6.07, 6.45) is 2.64. The van der Waals surface area contributed by atoms with Crippen LogP contribution in [0, 0.1) is 11.7 Å². The summed E-state index contributed by atoms with van der Waals surface area (Å²) in [5, 5.41) is 3.31. The average Bonchev–Trinajstić information content (AvgIpc) is 3.11. The molecule has 0 atom stereocenters. The van der Waals surface area contributed by atoms with E-state index in [1.165, 1.54) is 24.1 Å². The molecule has 0 radical (unpaired) electrons. The molecule has 0 spiro atoms. The molecule has 8 nitrogen and oxygen atoms in total. The molecule has 0 unspecified atom stereocenters. The number of hydrogen-bond acceptors (Lipinski definition) is 5. The van der Waals surface area contributed by atoms with E-state index in [2.05, 4.69) is 16.7 Å². The van der Waals surface area contributed by atoms with Crippen molar-refractivity contribution in [2.45, 2.75) is 19.0 Å². The maximum absolute atomic E-state index is 13.0. The van der Waals surface area contributed by atoms with Gasteiger partial charge in [0.15, 0.2) is 0 Å². The zero-order valence-electron chi connectivity index (χ0n) is 15.4. The number of carbonyl (C=O) groups is 1. The summed E-state index contributed by atoms with van der Waals surface area (Å²) in [5.41, 5.74) is 0.243. The fourth-order valence-corrected chi connectivity index (χ4v) is 3.36. The van der Waals surface area contributed by atoms with E-state index in [0.29, 0.717) is 13.1 Å². The Kier molecular flexibility index (Phi) is 6.32. The monoisotopic (exact) mass is 395 g/mol. The SMILES string of the molecule is C=CCN(CC(C)C)C(=O)n1cnc(S(=O)(=O)N(C)c2ccc(F)cc2)n1. The molecule has 1 aromatic carbocycles. The second kappa shape index (κ2) is 8.30. The smallest absolute Gasteiger partial charge is 0.319 e. The molecule has 0 saturated carbocycles. The number of amides is 1. The third kappa shape index (κ3) is 4.70. The summed E-state index contributed by atoms with van der Waals surface area (Å²) < 4.78 is 40.2. The van der Waals surface area contributed by atoms with Crippen LogP contribution in [0.2, 0.25) is 0 Å². The molecule has 10 heteroatoms. The fourth-order valence-electron chi connectivity index (χ4n) is 2.34. The number of sulfonamides is 1. The van der Waals surface area contributed by atoms with Crippen molar-refractivity contribution >= 4 is 21.7 Å². The first kappa shape index (κ1) is 20.6. The number of rotatable bonds is 7. The maximum atomic E-state index is 13.0. The average molecular weight is 395 g/mol. The summed E-state index contributed by atoms with van der Waals surface area (Å²) in [6.45, 7) is 8.30. The van der Waals surface area contributed by atoms with Crippen LogP contribution in [0.3, 0.4) is 0 Å². The highest BCUT2D eigenvalue weighted by molar-refractivity contribution is 7.92. The van der Waals surface area contributed by atoms with Crippen molar-refractivity contribution < 1.29 is 17.6 Å². The second-order valence-electron chi connectivity index (χ2n) is 6.29. The molecule has 2 rings (SSSR count). The number of anilines is 1. The lowest BCUT2D eigenvalue weighted by Crippen LogP contribution is -2.38. The largest absolute Gasteiger partial charge is 0.346 e. The third-order valence-corrected chi connectivity index (χ3v) is 5.23. The summed E-state index contributed by atoms with van der Waals surface area (Å²) in [5.74, 6) is -0.268. The van der Waals surface area contributed by atoms with Crippen molar-refractivity contribution in [2.75, 3.05) is 24.4 Å². The van der Waals surface area contributed by atoms with Crippen molar-refractivity contribution in [1.82, 2.24) is 19.7 Å². The molecule has 1 heterocycles. The topological polar surface area (TPSA) is 88.4 Å². The number of hydrogen-bond donors (Lipinski definition) is 0. The number of halogens is 1. The van der Waals surface area contributed by atoms with Crippen molar-refractivity contribution in [3.05, 3.63) is 49.1 Å². The highest BCUT2D eigenvalue weighted by Crippen LogP contribution is 2.20. The van der Waals surface area contributed by atoms with Gasteiger partial charge in [0.05, 0.1) is 5.69 Å². The van der Waals surface area contributed by atoms with E-state index in [1.807, 2.05) is 13.8 Å². The van der Waals surface area contributed by atoms with Gasteiger partial charge in [-0.15, -0.1) is 11.7 Å². The van der Waals surface area contributed by atoms with Crippen LogP contribution in [-0.2, 0) is 10.0 Å². The van der Waals surface area contributed by atoms with Gasteiger partial charge in [-0.05, 0) is 30.2 Å². The zero-order chi connectivity index (χ0) is 20.2. The molecule has 0 fully saturated rings. The predicted molar refractivity (Wildman–Crippen MR) is 99.4 cm³/mol. The van der Waals surface area contributed by atoms with E-state index in [9.17, 15) is 17.6 Å². The van der Waals surface area contributed by atoms with E-state index in [0.717, 1.165) is 27.4 Å². The van der Waals surface area contributed by atoms with Crippen LogP contribution < -0.4 is 4.31 Å². The normalized spacial score (nSPS) is 11.4. The minimum absolute atomic E-state index is 0.213. The molecule has 2 aromatic rings. The Hall–Kier alpha value is -2.75. The summed E-state index contributed by atoms with van der Waals surface area (Å²) in [6, 6.07) is 4.45. The quantitative estimate of drug-likeness (QED) is 0.672. The van der Waals surface area contributed by atoms with E-state index in [-0.39, 0.29) is 11.6 Å². The van der Waals surface area contributed by atoms with Gasteiger partial charge in [-0.2, -0.15) is 13.1 Å². The fraction of sp³-hybridized carbons (Fsp3) is 0.353. The summed E-state index contributed by atoms with van der Waals surface area (Å²) >= 11 is 0. The summed E-state index contributed by atoms with van der Waals surface area (Å²) in [4.78, 5) is 17.8. The highest BCUT2D eigenvalue weighted by atomic mass is 32.2. The number of nitrogens with zero attached hydrogens (tertiary/aromatic N) is 5. The molecule has 27 heavy (non-hydrogen) atoms. The molecular formula is C17H22FN5O3S. The molecular weight excluding hydrogens is 373 g/mol. The van der Waals surface area contributed by atoms with E-state index in [1.54, 1.807) is 6.08 Å². The highest BCUT2D eigenvalue weighted by Gasteiger charge is 2.28. The van der Waals surface area contributed by atoms with Crippen LogP contribution in [-0.4, -0.2) is 54.3 Å². The Morgan fingerprint density at radius 1 is 1.33 bits per heavy atom. The standard InChI is InChI=1S/C17H22FN5O3S/c1-5-10-22(11-13(2)3)17(24)23-12-19-16(20-23)27(25,26)21(4)15-8-6-14(18)7-9-15/h5-9,12-13H,1,10-11H2,2-4H3. The first-order valence-electron chi connectivity index (χ1n) is 8.23. The predicted octanol–water partition coefficient (Wildman–Crippen LogP) is 2.35. The second-order valence-corrected chi connectivity index (χ2v) is 8.15. The van der Waals surface area contributed by atoms with Crippen molar-refractivity contribution in [3.8, 4) is 0 Å². The van der Waals surface area contributed by atoms with E-state index < -0.39 is 27.0 Å². The number of benzene rings is 1. The Morgan fingerprint density at radius 2 is 1.96 bits per heavy atom. The molecule has 0 aliphatic rings. The number of aromatic nitrogens is 3. The van der Waals surface area contributed by atoms with Gasteiger partial charge in [0.25, 0.3) is 5.16 Å². The van der Waals surface area contributed by atoms with Crippen LogP contribution in [0.5, 0.6) is 0 Å². The van der Waals surface area contributed by atoms with Gasteiger partial charge in [0, 0.05) is 20.1 Å². The van der Waals surface area contributed by atoms with Crippen molar-refractivity contribution in [2.24, 2.45) is 5.92 Å². The lowest BCUT2D eigenvalue weighted by molar-refractivity contribution is 0.195. The first-order valence-corrected chi connectivity index (χ1v) is 9.67. The van der Waals surface area contributed by atoms with Gasteiger partial charge in [0.2, 0.25) is 0 Å². The van der Waals surface area contributed by atoms with Gasteiger partial charge < -0.3 is 4.90 Å². The third-order valence-electron chi connectivity index (χ3n) is 3.65. The molecule has 0 saturated heterocycles. The zero-order valence-corrected chi connectivity index (χ0v) is 16.2. The Balaban J connectivity index is 2.28. The van der Waals surface area contributed by atoms with E-state index >= 15 is 0 Å². The lowest BCUT2D eigenvalue weighted by atomic mass is 10.2. The van der Waals surface area contributed by atoms with Crippen molar-refractivity contribution in [3.63, 3.8) is 0 Å². The Bertz CT molecular complexity index is 909. The Morgan fingerprint density at radius 3 is 2.52 bits per heavy atom. The molecule has 146 valence electrons. The van der Waals surface area contributed by atoms with Crippen molar-refractivity contribution in [1.29, 1.82) is 0 Å². The molecule has 0 bridgehead atoms. The van der Waals surface area contributed by atoms with Gasteiger partial charge >= 0.3 is 16.1 Å². The van der Waals surface area contributed by atoms with Crippen LogP contribution in [0.25, 0.3) is 0 Å². The van der Waals surface area contributed by atoms with E-state index in [4.69, 9.17) is 0 Å². The molecule has 0 aliphatic heterocycles. The minimum Gasteiger partial charge on any atom is -0.319 e. The van der Waals surface area contributed by atoms with Crippen LogP contribution in [0.4, 0.5) is 14.9 Å². The molecule has 0 aliphatic carbocycles. The van der Waals surface area contributed by atoms with Gasteiger partial charge in [0.1, 0.15) is 12.1 Å². The van der Waals surface area contributed by atoms with Crippen LogP contribution in [0.1, 0.15) is 13.8 Å². The lowest BCUT2D eigenvalue weighted by Gasteiger charge is -2.22. The van der Waals surface area contributed by atoms with Gasteiger partial charge in [-0.1, -0.05) is 19.9 Å². The Labute approximate surface area is 158 Å². The maximum Gasteiger partial charge on any atom is 0.346 e. The van der Waals surface area contributed by atoms with Gasteiger partial charge in [-0.25, -0.2) is 14.2 Å². The molecule has 1 amide bonds.